The van der Waals surface area contributed by atoms with E-state index in [9.17, 15) is 4.79 Å². The van der Waals surface area contributed by atoms with E-state index in [0.717, 1.165) is 11.1 Å². The normalized spacial score (nSPS) is 10.7. The fraction of sp³-hybridized carbons (Fsp3) is 0.167. The van der Waals surface area contributed by atoms with Crippen molar-refractivity contribution in [1.82, 2.24) is 20.3 Å². The lowest BCUT2D eigenvalue weighted by molar-refractivity contribution is 0.0950. The Morgan fingerprint density at radius 1 is 1.04 bits per heavy atom. The van der Waals surface area contributed by atoms with Crippen LogP contribution < -0.4 is 5.32 Å². The first-order chi connectivity index (χ1) is 11.3. The van der Waals surface area contributed by atoms with Crippen molar-refractivity contribution in [2.24, 2.45) is 0 Å². The van der Waals surface area contributed by atoms with E-state index < -0.39 is 0 Å². The van der Waals surface area contributed by atoms with E-state index in [1.165, 1.54) is 0 Å². The van der Waals surface area contributed by atoms with Crippen LogP contribution in [-0.2, 0) is 0 Å². The van der Waals surface area contributed by atoms with Gasteiger partial charge in [0.2, 0.25) is 0 Å². The first-order valence-corrected chi connectivity index (χ1v) is 7.59. The van der Waals surface area contributed by atoms with Crippen LogP contribution in [0.1, 0.15) is 34.6 Å². The Kier molecular flexibility index (Phi) is 4.47. The number of nitrogens with one attached hydrogen (secondary N) is 1. The summed E-state index contributed by atoms with van der Waals surface area (Å²) >= 11 is 0. The van der Waals surface area contributed by atoms with E-state index in [1.807, 2.05) is 67.6 Å². The van der Waals surface area contributed by atoms with Crippen LogP contribution >= 0.6 is 0 Å². The molecule has 3 aromatic rings. The molecule has 0 aliphatic heterocycles. The maximum absolute atomic E-state index is 11.9. The molecule has 0 fully saturated rings. The molecule has 0 radical (unpaired) electrons. The Morgan fingerprint density at radius 3 is 2.13 bits per heavy atom. The van der Waals surface area contributed by atoms with Gasteiger partial charge in [0.05, 0.1) is 6.20 Å². The van der Waals surface area contributed by atoms with Gasteiger partial charge in [-0.25, -0.2) is 4.68 Å². The number of nitrogens with zero attached hydrogens (tertiary/aromatic N) is 3. The Hall–Kier alpha value is -2.95. The lowest BCUT2D eigenvalue weighted by Crippen LogP contribution is -2.23. The van der Waals surface area contributed by atoms with Crippen molar-refractivity contribution in [3.63, 3.8) is 0 Å². The molecule has 1 N–H and O–H groups in total. The third kappa shape index (κ3) is 3.29. The quantitative estimate of drug-likeness (QED) is 0.788. The number of hydrogen-bond donors (Lipinski definition) is 1. The van der Waals surface area contributed by atoms with Gasteiger partial charge >= 0.3 is 0 Å². The topological polar surface area (TPSA) is 59.8 Å². The lowest BCUT2D eigenvalue weighted by Gasteiger charge is -2.17. The zero-order chi connectivity index (χ0) is 16.1. The molecule has 23 heavy (non-hydrogen) atoms. The number of hydrogen-bond acceptors (Lipinski definition) is 3. The Labute approximate surface area is 135 Å². The summed E-state index contributed by atoms with van der Waals surface area (Å²) in [6.07, 6.45) is 1.69. The molecule has 1 aromatic heterocycles. The number of amides is 1. The first kappa shape index (κ1) is 15.0. The number of carbonyl (C=O) groups excluding carboxylic acids is 1. The van der Waals surface area contributed by atoms with Crippen LogP contribution in [0, 0.1) is 0 Å². The Morgan fingerprint density at radius 2 is 1.61 bits per heavy atom. The molecule has 0 unspecified atom stereocenters. The molecule has 0 saturated carbocycles. The van der Waals surface area contributed by atoms with E-state index in [-0.39, 0.29) is 11.9 Å². The summed E-state index contributed by atoms with van der Waals surface area (Å²) in [6, 6.07) is 20.0. The predicted molar refractivity (Wildman–Crippen MR) is 88.2 cm³/mol. The van der Waals surface area contributed by atoms with Crippen LogP contribution in [0.2, 0.25) is 0 Å². The molecule has 3 rings (SSSR count). The SMILES string of the molecule is CCNC(=O)c1cn(C(c2ccccc2)c2ccccc2)nn1. The van der Waals surface area contributed by atoms with Crippen LogP contribution in [0.3, 0.4) is 0 Å². The Balaban J connectivity index is 2.01. The van der Waals surface area contributed by atoms with Crippen LogP contribution in [0.5, 0.6) is 0 Å². The molecule has 0 atom stereocenters. The van der Waals surface area contributed by atoms with Gasteiger partial charge in [0.25, 0.3) is 5.91 Å². The van der Waals surface area contributed by atoms with Gasteiger partial charge in [0.15, 0.2) is 5.69 Å². The highest BCUT2D eigenvalue weighted by molar-refractivity contribution is 5.91. The molecule has 0 aliphatic carbocycles. The van der Waals surface area contributed by atoms with Crippen molar-refractivity contribution in [2.75, 3.05) is 6.54 Å². The highest BCUT2D eigenvalue weighted by atomic mass is 16.1. The van der Waals surface area contributed by atoms with E-state index in [1.54, 1.807) is 10.9 Å². The van der Waals surface area contributed by atoms with Gasteiger partial charge in [-0.1, -0.05) is 65.9 Å². The minimum Gasteiger partial charge on any atom is -0.351 e. The van der Waals surface area contributed by atoms with Crippen molar-refractivity contribution in [1.29, 1.82) is 0 Å². The third-order valence-electron chi connectivity index (χ3n) is 3.58. The summed E-state index contributed by atoms with van der Waals surface area (Å²) in [7, 11) is 0. The molecule has 0 bridgehead atoms. The van der Waals surface area contributed by atoms with Gasteiger partial charge in [0.1, 0.15) is 6.04 Å². The molecular formula is C18H18N4O. The van der Waals surface area contributed by atoms with Crippen LogP contribution in [-0.4, -0.2) is 27.4 Å². The average Bonchev–Trinajstić information content (AvgIpc) is 3.07. The maximum atomic E-state index is 11.9. The summed E-state index contributed by atoms with van der Waals surface area (Å²) in [6.45, 7) is 2.44. The molecule has 0 saturated heterocycles. The van der Waals surface area contributed by atoms with Gasteiger partial charge in [-0.3, -0.25) is 4.79 Å². The molecule has 1 amide bonds. The zero-order valence-electron chi connectivity index (χ0n) is 12.9. The highest BCUT2D eigenvalue weighted by Crippen LogP contribution is 2.25. The number of aromatic nitrogens is 3. The van der Waals surface area contributed by atoms with Crippen molar-refractivity contribution >= 4 is 5.91 Å². The van der Waals surface area contributed by atoms with E-state index in [0.29, 0.717) is 12.2 Å². The first-order valence-electron chi connectivity index (χ1n) is 7.59. The van der Waals surface area contributed by atoms with Crippen molar-refractivity contribution < 1.29 is 4.79 Å². The van der Waals surface area contributed by atoms with Gasteiger partial charge in [-0.2, -0.15) is 0 Å². The summed E-state index contributed by atoms with van der Waals surface area (Å²) < 4.78 is 1.73. The highest BCUT2D eigenvalue weighted by Gasteiger charge is 2.19. The molecule has 5 heteroatoms. The van der Waals surface area contributed by atoms with Gasteiger partial charge < -0.3 is 5.32 Å². The zero-order valence-corrected chi connectivity index (χ0v) is 12.9. The molecule has 2 aromatic carbocycles. The number of carbonyl (C=O) groups is 1. The fourth-order valence-corrected chi connectivity index (χ4v) is 2.53. The second kappa shape index (κ2) is 6.87. The van der Waals surface area contributed by atoms with Gasteiger partial charge in [0, 0.05) is 6.54 Å². The molecule has 0 spiro atoms. The van der Waals surface area contributed by atoms with Crippen molar-refractivity contribution in [3.05, 3.63) is 83.7 Å². The largest absolute Gasteiger partial charge is 0.351 e. The van der Waals surface area contributed by atoms with Gasteiger partial charge in [-0.15, -0.1) is 5.10 Å². The van der Waals surface area contributed by atoms with Crippen molar-refractivity contribution in [2.45, 2.75) is 13.0 Å². The molecular weight excluding hydrogens is 288 g/mol. The Bertz CT molecular complexity index is 728. The molecule has 0 aliphatic rings. The summed E-state index contributed by atoms with van der Waals surface area (Å²) in [5, 5.41) is 10.9. The van der Waals surface area contributed by atoms with E-state index in [4.69, 9.17) is 0 Å². The number of benzene rings is 2. The maximum Gasteiger partial charge on any atom is 0.273 e. The minimum absolute atomic E-state index is 0.118. The third-order valence-corrected chi connectivity index (χ3v) is 3.58. The lowest BCUT2D eigenvalue weighted by atomic mass is 9.99. The predicted octanol–water partition coefficient (Wildman–Crippen LogP) is 2.67. The average molecular weight is 306 g/mol. The van der Waals surface area contributed by atoms with Crippen LogP contribution in [0.15, 0.2) is 66.9 Å². The van der Waals surface area contributed by atoms with Crippen molar-refractivity contribution in [3.8, 4) is 0 Å². The van der Waals surface area contributed by atoms with E-state index >= 15 is 0 Å². The second-order valence-electron chi connectivity index (χ2n) is 5.17. The van der Waals surface area contributed by atoms with Gasteiger partial charge in [-0.05, 0) is 18.1 Å². The summed E-state index contributed by atoms with van der Waals surface area (Å²) in [4.78, 5) is 11.9. The summed E-state index contributed by atoms with van der Waals surface area (Å²) in [5.41, 5.74) is 2.50. The monoisotopic (exact) mass is 306 g/mol. The molecule has 5 nitrogen and oxygen atoms in total. The van der Waals surface area contributed by atoms with Crippen LogP contribution in [0.4, 0.5) is 0 Å². The minimum atomic E-state index is -0.210. The smallest absolute Gasteiger partial charge is 0.273 e. The number of rotatable bonds is 5. The summed E-state index contributed by atoms with van der Waals surface area (Å²) in [5.74, 6) is -0.210. The standard InChI is InChI=1S/C18H18N4O/c1-2-19-18(23)16-13-22(21-20-16)17(14-9-5-3-6-10-14)15-11-7-4-8-12-15/h3-13,17H,2H2,1H3,(H,19,23). The fourth-order valence-electron chi connectivity index (χ4n) is 2.53. The molecule has 1 heterocycles. The second-order valence-corrected chi connectivity index (χ2v) is 5.17. The van der Waals surface area contributed by atoms with E-state index in [2.05, 4.69) is 15.6 Å². The van der Waals surface area contributed by atoms with Crippen LogP contribution in [0.25, 0.3) is 0 Å². The molecule has 116 valence electrons.